The lowest BCUT2D eigenvalue weighted by atomic mass is 9.47. The normalized spacial score (nSPS) is 39.1. The summed E-state index contributed by atoms with van der Waals surface area (Å²) < 4.78 is 19.6. The van der Waals surface area contributed by atoms with Crippen molar-refractivity contribution in [3.05, 3.63) is 11.6 Å². The van der Waals surface area contributed by atoms with Crippen LogP contribution in [-0.2, 0) is 18.4 Å². The van der Waals surface area contributed by atoms with Gasteiger partial charge in [0.15, 0.2) is 16.6 Å². The molecule has 0 aliphatic heterocycles. The average molecular weight is 535 g/mol. The highest BCUT2D eigenvalue weighted by Crippen LogP contribution is 2.66. The van der Waals surface area contributed by atoms with Gasteiger partial charge in [-0.15, -0.1) is 0 Å². The van der Waals surface area contributed by atoms with Crippen LogP contribution in [0, 0.1) is 28.6 Å². The van der Waals surface area contributed by atoms with Gasteiger partial charge in [-0.2, -0.15) is 0 Å². The maximum Gasteiger partial charge on any atom is 0.302 e. The zero-order chi connectivity index (χ0) is 26.7. The number of carbonyl (C=O) groups excluding carboxylic acids is 1. The van der Waals surface area contributed by atoms with Gasteiger partial charge >= 0.3 is 5.97 Å². The molecule has 1 unspecified atom stereocenters. The molecule has 0 aromatic heterocycles. The number of allylic oxidation sites excluding steroid dienone is 1. The van der Waals surface area contributed by atoms with E-state index in [-0.39, 0.29) is 21.8 Å². The maximum atomic E-state index is 12.0. The van der Waals surface area contributed by atoms with Crippen LogP contribution in [0.2, 0.25) is 37.8 Å². The second-order valence-corrected chi connectivity index (χ2v) is 24.6. The summed E-state index contributed by atoms with van der Waals surface area (Å²) in [6.45, 7) is 23.4. The highest BCUT2D eigenvalue weighted by Gasteiger charge is 2.61. The van der Waals surface area contributed by atoms with Crippen molar-refractivity contribution in [1.82, 2.24) is 0 Å². The SMILES string of the molecule is CC(=O)OC[C@]12CCC(O[Si](C)(C)C(C)(C)C)CC1=CC[C@@H]1[C@@H]2CC[C@]2(C)[C@@H](O[Si](C)(C)C)CC[C@@H]12. The van der Waals surface area contributed by atoms with Gasteiger partial charge < -0.3 is 13.6 Å². The molecule has 0 N–H and O–H groups in total. The second-order valence-electron chi connectivity index (χ2n) is 15.4. The minimum Gasteiger partial charge on any atom is -0.465 e. The summed E-state index contributed by atoms with van der Waals surface area (Å²) in [6, 6.07) is 0. The van der Waals surface area contributed by atoms with Crippen LogP contribution in [0.25, 0.3) is 0 Å². The molecule has 0 heterocycles. The topological polar surface area (TPSA) is 44.8 Å². The van der Waals surface area contributed by atoms with Gasteiger partial charge in [0.2, 0.25) is 0 Å². The van der Waals surface area contributed by atoms with Crippen LogP contribution in [0.1, 0.15) is 86.0 Å². The summed E-state index contributed by atoms with van der Waals surface area (Å²) >= 11 is 0. The highest BCUT2D eigenvalue weighted by molar-refractivity contribution is 6.74. The Morgan fingerprint density at radius 1 is 1.00 bits per heavy atom. The Bertz CT molecular complexity index is 869. The molecular weight excluding hydrogens is 480 g/mol. The van der Waals surface area contributed by atoms with E-state index in [0.29, 0.717) is 36.6 Å². The molecule has 0 aromatic carbocycles. The number of hydrogen-bond acceptors (Lipinski definition) is 4. The molecule has 206 valence electrons. The zero-order valence-electron chi connectivity index (χ0n) is 25.0. The molecule has 6 heteroatoms. The number of fused-ring (bicyclic) bond motifs is 5. The fourth-order valence-electron chi connectivity index (χ4n) is 8.19. The van der Waals surface area contributed by atoms with Crippen molar-refractivity contribution < 1.29 is 18.4 Å². The monoisotopic (exact) mass is 534 g/mol. The Morgan fingerprint density at radius 2 is 1.69 bits per heavy atom. The lowest BCUT2D eigenvalue weighted by Gasteiger charge is -2.59. The highest BCUT2D eigenvalue weighted by atomic mass is 28.4. The standard InChI is InChI=1S/C30H54O4Si2/c1-21(31)32-20-30-18-15-23(33-36(9,10)28(2,3)4)19-22(30)11-12-24-25-13-14-27(34-35(6,7)8)29(25,5)17-16-26(24)30/h11,23-27H,12-20H2,1-10H3/t23?,24-,25-,26-,27-,29-,30+/m0/s1. The van der Waals surface area contributed by atoms with Crippen LogP contribution in [-0.4, -0.2) is 41.4 Å². The smallest absolute Gasteiger partial charge is 0.302 e. The van der Waals surface area contributed by atoms with E-state index in [4.69, 9.17) is 13.6 Å². The van der Waals surface area contributed by atoms with Gasteiger partial charge in [0.25, 0.3) is 0 Å². The van der Waals surface area contributed by atoms with E-state index >= 15 is 0 Å². The third kappa shape index (κ3) is 5.22. The fourth-order valence-corrected chi connectivity index (χ4v) is 10.8. The Labute approximate surface area is 223 Å². The summed E-state index contributed by atoms with van der Waals surface area (Å²) in [5, 5.41) is 0.218. The van der Waals surface area contributed by atoms with Gasteiger partial charge in [-0.1, -0.05) is 39.3 Å². The third-order valence-corrected chi connectivity index (χ3v) is 16.5. The Morgan fingerprint density at radius 3 is 2.31 bits per heavy atom. The first-order valence-corrected chi connectivity index (χ1v) is 21.0. The zero-order valence-corrected chi connectivity index (χ0v) is 27.0. The molecule has 4 aliphatic rings. The molecule has 0 aromatic rings. The number of carbonyl (C=O) groups is 1. The van der Waals surface area contributed by atoms with Gasteiger partial charge in [0.05, 0.1) is 6.10 Å². The first kappa shape index (κ1) is 28.6. The molecule has 7 atom stereocenters. The Balaban J connectivity index is 1.60. The van der Waals surface area contributed by atoms with Gasteiger partial charge in [0.1, 0.15) is 6.61 Å². The fraction of sp³-hybridized carbons (Fsp3) is 0.900. The summed E-state index contributed by atoms with van der Waals surface area (Å²) in [4.78, 5) is 12.0. The largest absolute Gasteiger partial charge is 0.465 e. The van der Waals surface area contributed by atoms with Crippen LogP contribution in [0.15, 0.2) is 11.6 Å². The number of ether oxygens (including phenoxy) is 1. The maximum absolute atomic E-state index is 12.0. The lowest BCUT2D eigenvalue weighted by Crippen LogP contribution is -2.55. The van der Waals surface area contributed by atoms with Crippen molar-refractivity contribution in [3.8, 4) is 0 Å². The quantitative estimate of drug-likeness (QED) is 0.196. The van der Waals surface area contributed by atoms with E-state index in [1.165, 1.54) is 37.7 Å². The van der Waals surface area contributed by atoms with Crippen molar-refractivity contribution >= 4 is 22.6 Å². The van der Waals surface area contributed by atoms with Crippen molar-refractivity contribution in [2.45, 2.75) is 136 Å². The van der Waals surface area contributed by atoms with E-state index in [1.807, 2.05) is 0 Å². The minimum atomic E-state index is -1.82. The molecular formula is C30H54O4Si2. The average Bonchev–Trinajstić information content (AvgIpc) is 3.06. The van der Waals surface area contributed by atoms with Crippen LogP contribution in [0.3, 0.4) is 0 Å². The molecule has 0 spiro atoms. The van der Waals surface area contributed by atoms with Crippen LogP contribution < -0.4 is 0 Å². The first-order valence-electron chi connectivity index (χ1n) is 14.7. The minimum absolute atomic E-state index is 0.000921. The van der Waals surface area contributed by atoms with E-state index in [9.17, 15) is 4.79 Å². The molecule has 4 nitrogen and oxygen atoms in total. The molecule has 3 fully saturated rings. The molecule has 36 heavy (non-hydrogen) atoms. The molecule has 4 rings (SSSR count). The van der Waals surface area contributed by atoms with E-state index < -0.39 is 16.6 Å². The van der Waals surface area contributed by atoms with Crippen molar-refractivity contribution in [3.63, 3.8) is 0 Å². The number of hydrogen-bond donors (Lipinski definition) is 0. The third-order valence-electron chi connectivity index (χ3n) is 11.0. The van der Waals surface area contributed by atoms with Gasteiger partial charge in [-0.05, 0) is 112 Å². The lowest BCUT2D eigenvalue weighted by molar-refractivity contribution is -0.150. The van der Waals surface area contributed by atoms with Crippen molar-refractivity contribution in [2.75, 3.05) is 6.61 Å². The predicted molar refractivity (Wildman–Crippen MR) is 153 cm³/mol. The summed E-state index contributed by atoms with van der Waals surface area (Å²) in [6.07, 6.45) is 12.6. The van der Waals surface area contributed by atoms with Gasteiger partial charge in [0, 0.05) is 18.4 Å². The molecule has 0 bridgehead atoms. The van der Waals surface area contributed by atoms with Gasteiger partial charge in [-0.25, -0.2) is 0 Å². The molecule has 0 radical (unpaired) electrons. The predicted octanol–water partition coefficient (Wildman–Crippen LogP) is 8.10. The second kappa shape index (κ2) is 9.64. The van der Waals surface area contributed by atoms with Crippen molar-refractivity contribution in [1.29, 1.82) is 0 Å². The summed E-state index contributed by atoms with van der Waals surface area (Å²) in [7, 11) is -3.40. The van der Waals surface area contributed by atoms with Crippen LogP contribution >= 0.6 is 0 Å². The molecule has 0 saturated heterocycles. The van der Waals surface area contributed by atoms with Gasteiger partial charge in [-0.3, -0.25) is 4.79 Å². The van der Waals surface area contributed by atoms with Crippen molar-refractivity contribution in [2.24, 2.45) is 28.6 Å². The number of rotatable bonds is 6. The first-order chi connectivity index (χ1) is 16.5. The Kier molecular flexibility index (Phi) is 7.65. The molecule has 3 saturated carbocycles. The number of esters is 1. The van der Waals surface area contributed by atoms with E-state index in [2.05, 4.69) is 66.5 Å². The molecule has 0 amide bonds. The van der Waals surface area contributed by atoms with E-state index in [0.717, 1.165) is 19.3 Å². The van der Waals surface area contributed by atoms with E-state index in [1.54, 1.807) is 6.92 Å². The Hall–Kier alpha value is -0.436. The summed E-state index contributed by atoms with van der Waals surface area (Å²) in [5.41, 5.74) is 1.83. The summed E-state index contributed by atoms with van der Waals surface area (Å²) in [5.74, 6) is 1.85. The van der Waals surface area contributed by atoms with Crippen LogP contribution in [0.5, 0.6) is 0 Å². The molecule has 4 aliphatic carbocycles. The van der Waals surface area contributed by atoms with Crippen LogP contribution in [0.4, 0.5) is 0 Å².